The van der Waals surface area contributed by atoms with E-state index in [0.717, 1.165) is 71.2 Å². The molecule has 0 unspecified atom stereocenters. The van der Waals surface area contributed by atoms with E-state index < -0.39 is 0 Å². The van der Waals surface area contributed by atoms with Crippen LogP contribution in [0.4, 0.5) is 11.4 Å². The molecule has 2 aliphatic carbocycles. The molecule has 0 radical (unpaired) electrons. The van der Waals surface area contributed by atoms with E-state index in [1.54, 1.807) is 12.3 Å². The second-order valence-electron chi connectivity index (χ2n) is 10.5. The third kappa shape index (κ3) is 4.59. The second kappa shape index (κ2) is 9.07. The summed E-state index contributed by atoms with van der Waals surface area (Å²) in [6.45, 7) is 0.878. The summed E-state index contributed by atoms with van der Waals surface area (Å²) in [5.41, 5.74) is 7.64. The van der Waals surface area contributed by atoms with Gasteiger partial charge in [-0.1, -0.05) is 24.3 Å². The molecule has 0 atom stereocenters. The lowest BCUT2D eigenvalue weighted by Crippen LogP contribution is -2.10. The number of aromatic nitrogens is 1. The Balaban J connectivity index is 1.43. The van der Waals surface area contributed by atoms with Crippen LogP contribution < -0.4 is 5.32 Å². The maximum Gasteiger partial charge on any atom is 0.169 e. The van der Waals surface area contributed by atoms with Crippen LogP contribution in [0, 0.1) is 5.92 Å². The van der Waals surface area contributed by atoms with Gasteiger partial charge in [-0.2, -0.15) is 0 Å². The van der Waals surface area contributed by atoms with Gasteiger partial charge >= 0.3 is 0 Å². The van der Waals surface area contributed by atoms with Crippen molar-refractivity contribution in [3.8, 4) is 16.9 Å². The topological polar surface area (TPSA) is 65.5 Å². The molecule has 0 saturated heterocycles. The van der Waals surface area contributed by atoms with E-state index in [0.29, 0.717) is 17.2 Å². The highest BCUT2D eigenvalue weighted by Gasteiger charge is 2.32. The highest BCUT2D eigenvalue weighted by molar-refractivity contribution is 6.11. The third-order valence-electron chi connectivity index (χ3n) is 7.18. The van der Waals surface area contributed by atoms with E-state index in [1.807, 2.05) is 12.1 Å². The molecule has 2 aliphatic rings. The fourth-order valence-corrected chi connectivity index (χ4v) is 4.92. The first-order valence-electron chi connectivity index (χ1n) is 12.8. The van der Waals surface area contributed by atoms with Gasteiger partial charge in [0.05, 0.1) is 16.8 Å². The van der Waals surface area contributed by atoms with Crippen LogP contribution in [-0.4, -0.2) is 34.9 Å². The SMILES string of the molecule is CN(C)Cc1ccc(Nc2c(C(=O)C3CC3)cnc3ccc(-c4ccc(O)c(C5CC5)c4)cc23)cc1. The number of phenolic OH excluding ortho intramolecular Hbond substituents is 1. The molecule has 0 aliphatic heterocycles. The predicted octanol–water partition coefficient (Wildman–Crippen LogP) is 6.88. The van der Waals surface area contributed by atoms with Crippen LogP contribution in [0.5, 0.6) is 5.75 Å². The fraction of sp³-hybridized carbons (Fsp3) is 0.290. The molecular formula is C31H31N3O2. The van der Waals surface area contributed by atoms with E-state index in [-0.39, 0.29) is 11.7 Å². The van der Waals surface area contributed by atoms with Gasteiger partial charge in [-0.25, -0.2) is 0 Å². The molecule has 0 amide bonds. The van der Waals surface area contributed by atoms with Crippen molar-refractivity contribution >= 4 is 28.1 Å². The summed E-state index contributed by atoms with van der Waals surface area (Å²) in [6.07, 6.45) is 5.90. The van der Waals surface area contributed by atoms with Crippen molar-refractivity contribution in [3.63, 3.8) is 0 Å². The molecule has 1 heterocycles. The van der Waals surface area contributed by atoms with E-state index in [1.165, 1.54) is 5.56 Å². The van der Waals surface area contributed by atoms with Crippen LogP contribution in [-0.2, 0) is 6.54 Å². The highest BCUT2D eigenvalue weighted by Crippen LogP contribution is 2.45. The molecule has 6 rings (SSSR count). The number of ketones is 1. The molecular weight excluding hydrogens is 446 g/mol. The molecule has 0 bridgehead atoms. The summed E-state index contributed by atoms with van der Waals surface area (Å²) in [5, 5.41) is 14.8. The Morgan fingerprint density at radius 2 is 1.69 bits per heavy atom. The van der Waals surface area contributed by atoms with Gasteiger partial charge in [-0.15, -0.1) is 0 Å². The number of benzene rings is 3. The van der Waals surface area contributed by atoms with E-state index in [9.17, 15) is 9.90 Å². The summed E-state index contributed by atoms with van der Waals surface area (Å²) in [7, 11) is 4.12. The van der Waals surface area contributed by atoms with Crippen molar-refractivity contribution < 1.29 is 9.90 Å². The lowest BCUT2D eigenvalue weighted by Gasteiger charge is -2.16. The number of carbonyl (C=O) groups is 1. The number of fused-ring (bicyclic) bond motifs is 1. The number of anilines is 2. The molecule has 182 valence electrons. The normalized spacial score (nSPS) is 15.4. The zero-order valence-corrected chi connectivity index (χ0v) is 20.8. The standard InChI is InChI=1S/C31H31N3O2/c1-34(2)18-19-3-11-24(12-4-19)33-30-26-16-22(23-10-14-29(35)25(15-23)20-5-6-20)9-13-28(26)32-17-27(30)31(36)21-7-8-21/h3-4,9-17,20-21,35H,5-8,18H2,1-2H3,(H,32,33). The van der Waals surface area contributed by atoms with Gasteiger partial charge in [0.25, 0.3) is 0 Å². The quantitative estimate of drug-likeness (QED) is 0.271. The Morgan fingerprint density at radius 1 is 0.972 bits per heavy atom. The first kappa shape index (κ1) is 22.7. The van der Waals surface area contributed by atoms with Crippen LogP contribution in [0.3, 0.4) is 0 Å². The average Bonchev–Trinajstić information content (AvgIpc) is 3.78. The number of carbonyl (C=O) groups excluding carboxylic acids is 1. The minimum atomic E-state index is 0.105. The second-order valence-corrected chi connectivity index (χ2v) is 10.5. The van der Waals surface area contributed by atoms with E-state index in [4.69, 9.17) is 0 Å². The zero-order valence-electron chi connectivity index (χ0n) is 20.8. The summed E-state index contributed by atoms with van der Waals surface area (Å²) < 4.78 is 0. The molecule has 2 fully saturated rings. The van der Waals surface area contributed by atoms with Crippen molar-refractivity contribution in [3.05, 3.63) is 83.6 Å². The molecule has 36 heavy (non-hydrogen) atoms. The Bertz CT molecular complexity index is 1450. The molecule has 0 spiro atoms. The molecule has 5 nitrogen and oxygen atoms in total. The van der Waals surface area contributed by atoms with Gasteiger partial charge < -0.3 is 15.3 Å². The molecule has 5 heteroatoms. The van der Waals surface area contributed by atoms with E-state index >= 15 is 0 Å². The number of nitrogens with one attached hydrogen (secondary N) is 1. The van der Waals surface area contributed by atoms with Crippen molar-refractivity contribution in [1.82, 2.24) is 9.88 Å². The zero-order chi connectivity index (χ0) is 24.8. The first-order chi connectivity index (χ1) is 17.5. The number of Topliss-reactive ketones (excluding diaryl/α,β-unsaturated/α-hetero) is 1. The Morgan fingerprint density at radius 3 is 2.39 bits per heavy atom. The highest BCUT2D eigenvalue weighted by atomic mass is 16.3. The summed E-state index contributed by atoms with van der Waals surface area (Å²) in [4.78, 5) is 20.0. The van der Waals surface area contributed by atoms with Gasteiger partial charge in [0, 0.05) is 29.7 Å². The summed E-state index contributed by atoms with van der Waals surface area (Å²) in [6, 6.07) is 20.5. The van der Waals surface area contributed by atoms with Crippen molar-refractivity contribution in [1.29, 1.82) is 0 Å². The number of phenols is 1. The lowest BCUT2D eigenvalue weighted by atomic mass is 9.97. The third-order valence-corrected chi connectivity index (χ3v) is 7.18. The first-order valence-corrected chi connectivity index (χ1v) is 12.8. The average molecular weight is 478 g/mol. The van der Waals surface area contributed by atoms with Gasteiger partial charge in [0.2, 0.25) is 0 Å². The molecule has 2 saturated carbocycles. The predicted molar refractivity (Wildman–Crippen MR) is 145 cm³/mol. The van der Waals surface area contributed by atoms with Crippen LogP contribution in [0.2, 0.25) is 0 Å². The number of nitrogens with zero attached hydrogens (tertiary/aromatic N) is 2. The van der Waals surface area contributed by atoms with E-state index in [2.05, 4.69) is 71.8 Å². The summed E-state index contributed by atoms with van der Waals surface area (Å²) >= 11 is 0. The van der Waals surface area contributed by atoms with Gasteiger partial charge in [-0.3, -0.25) is 9.78 Å². The number of aromatic hydroxyl groups is 1. The van der Waals surface area contributed by atoms with Crippen molar-refractivity contribution in [2.75, 3.05) is 19.4 Å². The monoisotopic (exact) mass is 477 g/mol. The maximum absolute atomic E-state index is 13.2. The molecule has 2 N–H and O–H groups in total. The lowest BCUT2D eigenvalue weighted by molar-refractivity contribution is 0.0968. The Kier molecular flexibility index (Phi) is 5.73. The van der Waals surface area contributed by atoms with Crippen LogP contribution >= 0.6 is 0 Å². The minimum Gasteiger partial charge on any atom is -0.508 e. The minimum absolute atomic E-state index is 0.105. The van der Waals surface area contributed by atoms with Crippen LogP contribution in [0.25, 0.3) is 22.0 Å². The molecule has 4 aromatic rings. The summed E-state index contributed by atoms with van der Waals surface area (Å²) in [5.74, 6) is 1.11. The largest absolute Gasteiger partial charge is 0.508 e. The van der Waals surface area contributed by atoms with Gasteiger partial charge in [0.15, 0.2) is 5.78 Å². The molecule has 3 aromatic carbocycles. The Labute approximate surface area is 211 Å². The fourth-order valence-electron chi connectivity index (χ4n) is 4.92. The Hall–Kier alpha value is -3.70. The number of hydrogen-bond acceptors (Lipinski definition) is 5. The maximum atomic E-state index is 13.2. The molecule has 1 aromatic heterocycles. The number of rotatable bonds is 8. The van der Waals surface area contributed by atoms with Crippen LogP contribution in [0.15, 0.2) is 66.9 Å². The number of hydrogen-bond donors (Lipinski definition) is 2. The smallest absolute Gasteiger partial charge is 0.169 e. The van der Waals surface area contributed by atoms with Gasteiger partial charge in [0.1, 0.15) is 5.75 Å². The van der Waals surface area contributed by atoms with Crippen molar-refractivity contribution in [2.24, 2.45) is 5.92 Å². The number of pyridine rings is 1. The van der Waals surface area contributed by atoms with Gasteiger partial charge in [-0.05, 0) is 104 Å². The van der Waals surface area contributed by atoms with Crippen molar-refractivity contribution in [2.45, 2.75) is 38.1 Å². The van der Waals surface area contributed by atoms with Crippen LogP contribution in [0.1, 0.15) is 53.1 Å².